The molecule has 0 bridgehead atoms. The molecular formula is C18H19N5O4. The van der Waals surface area contributed by atoms with Gasteiger partial charge in [-0.25, -0.2) is 0 Å². The fraction of sp³-hybridized carbons (Fsp3) is 0.333. The van der Waals surface area contributed by atoms with Crippen LogP contribution in [0.4, 0.5) is 0 Å². The number of aryl methyl sites for hydroxylation is 2. The summed E-state index contributed by atoms with van der Waals surface area (Å²) in [6.07, 6.45) is 0. The highest BCUT2D eigenvalue weighted by Crippen LogP contribution is 2.17. The summed E-state index contributed by atoms with van der Waals surface area (Å²) in [5.74, 6) is -0.759. The van der Waals surface area contributed by atoms with Crippen LogP contribution in [0.1, 0.15) is 22.3 Å². The van der Waals surface area contributed by atoms with Gasteiger partial charge in [-0.05, 0) is 25.0 Å². The maximum Gasteiger partial charge on any atom is 0.253 e. The third kappa shape index (κ3) is 4.00. The summed E-state index contributed by atoms with van der Waals surface area (Å²) in [7, 11) is 0. The van der Waals surface area contributed by atoms with E-state index in [1.807, 2.05) is 12.1 Å². The predicted molar refractivity (Wildman–Crippen MR) is 96.5 cm³/mol. The molecule has 0 saturated carbocycles. The third-order valence-electron chi connectivity index (χ3n) is 4.21. The fourth-order valence-electron chi connectivity index (χ4n) is 2.72. The summed E-state index contributed by atoms with van der Waals surface area (Å²) in [5, 5.41) is 41.2. The summed E-state index contributed by atoms with van der Waals surface area (Å²) in [6, 6.07) is 6.29. The van der Waals surface area contributed by atoms with E-state index in [0.29, 0.717) is 11.1 Å². The van der Waals surface area contributed by atoms with Gasteiger partial charge in [-0.15, -0.1) is 0 Å². The van der Waals surface area contributed by atoms with Crippen molar-refractivity contribution in [3.05, 3.63) is 55.1 Å². The Balaban J connectivity index is 2.03. The largest absolute Gasteiger partial charge is 0.493 e. The first kappa shape index (κ1) is 19.8. The van der Waals surface area contributed by atoms with E-state index in [1.54, 1.807) is 13.8 Å². The van der Waals surface area contributed by atoms with Crippen LogP contribution in [0.5, 0.6) is 11.8 Å². The quantitative estimate of drug-likeness (QED) is 0.611. The van der Waals surface area contributed by atoms with Crippen LogP contribution in [0.15, 0.2) is 21.7 Å². The molecule has 0 aromatic carbocycles. The molecule has 0 aliphatic rings. The number of nitriles is 2. The van der Waals surface area contributed by atoms with E-state index in [1.165, 1.54) is 12.1 Å². The molecule has 3 N–H and O–H groups in total. The SMILES string of the molecule is Cc1cc(=O)n(CCNCCn2c(O)c(C#N)c(C)cc2=O)c(O)c1C#N. The standard InChI is InChI=1S/C18H19N5O4/c1-11-7-15(24)22(17(26)13(11)9-19)5-3-21-4-6-23-16(25)8-12(2)14(10-20)18(23)27/h7-8,21,26-27H,3-6H2,1-2H3. The zero-order chi connectivity index (χ0) is 20.1. The topological polar surface area (TPSA) is 144 Å². The number of aromatic nitrogens is 2. The van der Waals surface area contributed by atoms with E-state index in [-0.39, 0.29) is 49.1 Å². The summed E-state index contributed by atoms with van der Waals surface area (Å²) < 4.78 is 2.17. The summed E-state index contributed by atoms with van der Waals surface area (Å²) in [6.45, 7) is 3.96. The summed E-state index contributed by atoms with van der Waals surface area (Å²) >= 11 is 0. The zero-order valence-electron chi connectivity index (χ0n) is 15.0. The molecule has 2 heterocycles. The number of hydrogen-bond acceptors (Lipinski definition) is 7. The Labute approximate surface area is 155 Å². The summed E-state index contributed by atoms with van der Waals surface area (Å²) in [5.41, 5.74) is 0.0803. The van der Waals surface area contributed by atoms with Gasteiger partial charge < -0.3 is 15.5 Å². The monoisotopic (exact) mass is 369 g/mol. The smallest absolute Gasteiger partial charge is 0.253 e. The van der Waals surface area contributed by atoms with E-state index in [2.05, 4.69) is 5.32 Å². The number of nitrogens with zero attached hydrogens (tertiary/aromatic N) is 4. The lowest BCUT2D eigenvalue weighted by molar-refractivity contribution is 0.390. The van der Waals surface area contributed by atoms with Gasteiger partial charge in [0.15, 0.2) is 0 Å². The Morgan fingerprint density at radius 1 is 0.889 bits per heavy atom. The van der Waals surface area contributed by atoms with Gasteiger partial charge in [0, 0.05) is 38.3 Å². The molecule has 2 rings (SSSR count). The second-order valence-corrected chi connectivity index (χ2v) is 6.01. The van der Waals surface area contributed by atoms with Crippen LogP contribution in [0.3, 0.4) is 0 Å². The van der Waals surface area contributed by atoms with E-state index >= 15 is 0 Å². The van der Waals surface area contributed by atoms with Crippen LogP contribution in [-0.2, 0) is 13.1 Å². The molecule has 0 radical (unpaired) electrons. The molecule has 27 heavy (non-hydrogen) atoms. The van der Waals surface area contributed by atoms with Crippen LogP contribution in [0, 0.1) is 36.5 Å². The van der Waals surface area contributed by atoms with Crippen LogP contribution >= 0.6 is 0 Å². The Kier molecular flexibility index (Phi) is 6.01. The van der Waals surface area contributed by atoms with Gasteiger partial charge in [0.05, 0.1) is 0 Å². The van der Waals surface area contributed by atoms with Crippen LogP contribution in [-0.4, -0.2) is 32.4 Å². The van der Waals surface area contributed by atoms with E-state index in [4.69, 9.17) is 10.5 Å². The molecular weight excluding hydrogens is 350 g/mol. The Morgan fingerprint density at radius 2 is 1.26 bits per heavy atom. The van der Waals surface area contributed by atoms with Crippen molar-refractivity contribution in [1.82, 2.24) is 14.5 Å². The lowest BCUT2D eigenvalue weighted by Crippen LogP contribution is -2.31. The number of rotatable bonds is 6. The maximum absolute atomic E-state index is 12.0. The third-order valence-corrected chi connectivity index (χ3v) is 4.21. The van der Waals surface area contributed by atoms with Gasteiger partial charge in [0.1, 0.15) is 23.3 Å². The molecule has 0 aliphatic carbocycles. The highest BCUT2D eigenvalue weighted by molar-refractivity contribution is 5.44. The predicted octanol–water partition coefficient (Wildman–Crippen LogP) is 0.0712. The van der Waals surface area contributed by atoms with Gasteiger partial charge in [-0.1, -0.05) is 0 Å². The zero-order valence-corrected chi connectivity index (χ0v) is 15.0. The van der Waals surface area contributed by atoms with Crippen molar-refractivity contribution in [2.75, 3.05) is 13.1 Å². The van der Waals surface area contributed by atoms with E-state index < -0.39 is 11.1 Å². The second-order valence-electron chi connectivity index (χ2n) is 6.01. The Hall–Kier alpha value is -3.56. The van der Waals surface area contributed by atoms with Crippen molar-refractivity contribution in [3.8, 4) is 23.9 Å². The molecule has 0 fully saturated rings. The molecule has 0 spiro atoms. The minimum absolute atomic E-state index is 0.0507. The van der Waals surface area contributed by atoms with Crippen LogP contribution in [0.2, 0.25) is 0 Å². The van der Waals surface area contributed by atoms with Gasteiger partial charge >= 0.3 is 0 Å². The van der Waals surface area contributed by atoms with Crippen LogP contribution < -0.4 is 16.4 Å². The highest BCUT2D eigenvalue weighted by Gasteiger charge is 2.13. The van der Waals surface area contributed by atoms with E-state index in [9.17, 15) is 19.8 Å². The van der Waals surface area contributed by atoms with Gasteiger partial charge in [0.25, 0.3) is 11.1 Å². The molecule has 0 amide bonds. The first-order valence-corrected chi connectivity index (χ1v) is 8.19. The van der Waals surface area contributed by atoms with Crippen molar-refractivity contribution in [2.45, 2.75) is 26.9 Å². The number of aromatic hydroxyl groups is 2. The lowest BCUT2D eigenvalue weighted by atomic mass is 10.1. The maximum atomic E-state index is 12.0. The van der Waals surface area contributed by atoms with Gasteiger partial charge in [-0.2, -0.15) is 10.5 Å². The molecule has 0 unspecified atom stereocenters. The highest BCUT2D eigenvalue weighted by atomic mass is 16.3. The Morgan fingerprint density at radius 3 is 1.59 bits per heavy atom. The molecule has 2 aromatic heterocycles. The average molecular weight is 369 g/mol. The molecule has 0 saturated heterocycles. The first-order chi connectivity index (χ1) is 12.8. The van der Waals surface area contributed by atoms with Crippen molar-refractivity contribution in [2.24, 2.45) is 0 Å². The molecule has 0 atom stereocenters. The van der Waals surface area contributed by atoms with Gasteiger partial charge in [-0.3, -0.25) is 18.7 Å². The minimum Gasteiger partial charge on any atom is -0.493 e. The van der Waals surface area contributed by atoms with Gasteiger partial charge in [0.2, 0.25) is 11.8 Å². The number of pyridine rings is 2. The van der Waals surface area contributed by atoms with Crippen molar-refractivity contribution in [1.29, 1.82) is 10.5 Å². The fourth-order valence-corrected chi connectivity index (χ4v) is 2.72. The molecule has 140 valence electrons. The van der Waals surface area contributed by atoms with Crippen molar-refractivity contribution < 1.29 is 10.2 Å². The molecule has 9 nitrogen and oxygen atoms in total. The average Bonchev–Trinajstić information content (AvgIpc) is 2.59. The van der Waals surface area contributed by atoms with Crippen molar-refractivity contribution in [3.63, 3.8) is 0 Å². The lowest BCUT2D eigenvalue weighted by Gasteiger charge is -2.13. The molecule has 0 aliphatic heterocycles. The number of hydrogen-bond donors (Lipinski definition) is 3. The molecule has 9 heteroatoms. The minimum atomic E-state index is -0.420. The normalized spacial score (nSPS) is 10.4. The second kappa shape index (κ2) is 8.21. The number of nitrogens with one attached hydrogen (secondary N) is 1. The molecule has 2 aromatic rings. The van der Waals surface area contributed by atoms with Crippen molar-refractivity contribution >= 4 is 0 Å². The first-order valence-electron chi connectivity index (χ1n) is 8.19. The summed E-state index contributed by atoms with van der Waals surface area (Å²) in [4.78, 5) is 23.9. The van der Waals surface area contributed by atoms with E-state index in [0.717, 1.165) is 9.13 Å². The van der Waals surface area contributed by atoms with Crippen LogP contribution in [0.25, 0.3) is 0 Å². The Bertz CT molecular complexity index is 984.